The molecule has 1 N–H and O–H groups in total. The van der Waals surface area contributed by atoms with Gasteiger partial charge in [0.2, 0.25) is 10.0 Å². The molecular weight excluding hydrogens is 221 g/mol. The van der Waals surface area contributed by atoms with Crippen LogP contribution in [0.1, 0.15) is 6.92 Å². The van der Waals surface area contributed by atoms with Crippen LogP contribution >= 0.6 is 0 Å². The van der Waals surface area contributed by atoms with E-state index in [9.17, 15) is 12.8 Å². The minimum absolute atomic E-state index is 0.108. The van der Waals surface area contributed by atoms with Crippen LogP contribution in [0.15, 0.2) is 18.2 Å². The average molecular weight is 233 g/mol. The average Bonchev–Trinajstić information content (AvgIpc) is 2.07. The van der Waals surface area contributed by atoms with Crippen molar-refractivity contribution in [2.75, 3.05) is 17.6 Å². The van der Waals surface area contributed by atoms with E-state index in [0.29, 0.717) is 6.61 Å². The van der Waals surface area contributed by atoms with Crippen LogP contribution in [0.25, 0.3) is 0 Å². The Morgan fingerprint density at radius 3 is 2.60 bits per heavy atom. The maximum absolute atomic E-state index is 13.3. The van der Waals surface area contributed by atoms with Crippen molar-refractivity contribution in [1.29, 1.82) is 0 Å². The van der Waals surface area contributed by atoms with Gasteiger partial charge in [0.1, 0.15) is 0 Å². The molecule has 0 radical (unpaired) electrons. The van der Waals surface area contributed by atoms with Crippen molar-refractivity contribution < 1.29 is 17.5 Å². The Morgan fingerprint density at radius 1 is 1.47 bits per heavy atom. The predicted octanol–water partition coefficient (Wildman–Crippen LogP) is 1.60. The van der Waals surface area contributed by atoms with Gasteiger partial charge in [0.05, 0.1) is 18.6 Å². The molecule has 0 aliphatic carbocycles. The van der Waals surface area contributed by atoms with Gasteiger partial charge in [0, 0.05) is 6.07 Å². The van der Waals surface area contributed by atoms with Gasteiger partial charge < -0.3 is 4.74 Å². The number of nitrogens with one attached hydrogen (secondary N) is 1. The lowest BCUT2D eigenvalue weighted by molar-refractivity contribution is 0.321. The number of rotatable bonds is 4. The first-order valence-electron chi connectivity index (χ1n) is 4.32. The Morgan fingerprint density at radius 2 is 2.13 bits per heavy atom. The Hall–Kier alpha value is -1.30. The third kappa shape index (κ3) is 3.75. The molecule has 15 heavy (non-hydrogen) atoms. The predicted molar refractivity (Wildman–Crippen MR) is 56.0 cm³/mol. The third-order valence-corrected chi connectivity index (χ3v) is 2.14. The molecule has 0 unspecified atom stereocenters. The van der Waals surface area contributed by atoms with E-state index in [4.69, 9.17) is 4.74 Å². The van der Waals surface area contributed by atoms with Crippen molar-refractivity contribution in [3.63, 3.8) is 0 Å². The molecule has 84 valence electrons. The number of anilines is 1. The first-order chi connectivity index (χ1) is 6.92. The lowest BCUT2D eigenvalue weighted by Gasteiger charge is -2.07. The molecule has 0 amide bonds. The largest absolute Gasteiger partial charge is 0.491 e. The van der Waals surface area contributed by atoms with Crippen LogP contribution < -0.4 is 9.46 Å². The Balaban J connectivity index is 2.91. The molecule has 0 spiro atoms. The fourth-order valence-electron chi connectivity index (χ4n) is 1.05. The molecule has 4 nitrogen and oxygen atoms in total. The maximum Gasteiger partial charge on any atom is 0.229 e. The van der Waals surface area contributed by atoms with Gasteiger partial charge in [-0.1, -0.05) is 0 Å². The second-order valence-electron chi connectivity index (χ2n) is 2.95. The molecule has 0 aliphatic heterocycles. The number of ether oxygens (including phenoxy) is 1. The second-order valence-corrected chi connectivity index (χ2v) is 4.70. The number of benzene rings is 1. The van der Waals surface area contributed by atoms with E-state index >= 15 is 0 Å². The molecule has 1 aromatic carbocycles. The third-order valence-electron chi connectivity index (χ3n) is 1.53. The first kappa shape index (κ1) is 11.8. The zero-order valence-corrected chi connectivity index (χ0v) is 9.27. The number of hydrogen-bond acceptors (Lipinski definition) is 3. The molecule has 0 saturated carbocycles. The lowest BCUT2D eigenvalue weighted by Crippen LogP contribution is -2.09. The molecule has 0 fully saturated rings. The van der Waals surface area contributed by atoms with Crippen molar-refractivity contribution in [3.05, 3.63) is 24.0 Å². The van der Waals surface area contributed by atoms with Crippen LogP contribution in [-0.4, -0.2) is 21.3 Å². The molecule has 1 rings (SSSR count). The molecule has 0 heterocycles. The highest BCUT2D eigenvalue weighted by Gasteiger charge is 2.06. The summed E-state index contributed by atoms with van der Waals surface area (Å²) in [5, 5.41) is 0. The zero-order valence-electron chi connectivity index (χ0n) is 8.45. The monoisotopic (exact) mass is 233 g/mol. The van der Waals surface area contributed by atoms with Gasteiger partial charge in [0.25, 0.3) is 0 Å². The van der Waals surface area contributed by atoms with E-state index in [1.54, 1.807) is 6.92 Å². The number of hydrogen-bond donors (Lipinski definition) is 1. The smallest absolute Gasteiger partial charge is 0.229 e. The summed E-state index contributed by atoms with van der Waals surface area (Å²) in [6, 6.07) is 3.90. The Kier molecular flexibility index (Phi) is 3.52. The summed E-state index contributed by atoms with van der Waals surface area (Å²) in [5.41, 5.74) is 0.179. The number of sulfonamides is 1. The van der Waals surface area contributed by atoms with Crippen LogP contribution in [0.5, 0.6) is 5.75 Å². The van der Waals surface area contributed by atoms with Gasteiger partial charge in [-0.2, -0.15) is 0 Å². The van der Waals surface area contributed by atoms with E-state index in [1.807, 2.05) is 0 Å². The molecule has 0 aliphatic rings. The van der Waals surface area contributed by atoms with Crippen molar-refractivity contribution in [1.82, 2.24) is 0 Å². The molecule has 0 bridgehead atoms. The highest BCUT2D eigenvalue weighted by atomic mass is 32.2. The fraction of sp³-hybridized carbons (Fsp3) is 0.333. The first-order valence-corrected chi connectivity index (χ1v) is 6.21. The van der Waals surface area contributed by atoms with Crippen molar-refractivity contribution in [2.45, 2.75) is 6.92 Å². The summed E-state index contributed by atoms with van der Waals surface area (Å²) in [7, 11) is -3.38. The van der Waals surface area contributed by atoms with Crippen LogP contribution in [-0.2, 0) is 10.0 Å². The van der Waals surface area contributed by atoms with Gasteiger partial charge in [-0.3, -0.25) is 4.72 Å². The summed E-state index contributed by atoms with van der Waals surface area (Å²) in [6.07, 6.45) is 1.00. The van der Waals surface area contributed by atoms with Crippen molar-refractivity contribution >= 4 is 15.7 Å². The van der Waals surface area contributed by atoms with Crippen molar-refractivity contribution in [2.24, 2.45) is 0 Å². The lowest BCUT2D eigenvalue weighted by atomic mass is 10.3. The van der Waals surface area contributed by atoms with Gasteiger partial charge >= 0.3 is 0 Å². The molecule has 0 atom stereocenters. The van der Waals surface area contributed by atoms with E-state index in [0.717, 1.165) is 12.3 Å². The molecule has 6 heteroatoms. The van der Waals surface area contributed by atoms with Crippen LogP contribution in [0.2, 0.25) is 0 Å². The van der Waals surface area contributed by atoms with Crippen molar-refractivity contribution in [3.8, 4) is 5.75 Å². The fourth-order valence-corrected chi connectivity index (χ4v) is 1.61. The second kappa shape index (κ2) is 4.48. The SMILES string of the molecule is CCOc1ccc(NS(C)(=O)=O)cc1F. The summed E-state index contributed by atoms with van der Waals surface area (Å²) < 4.78 is 42.1. The standard InChI is InChI=1S/C9H12FNO3S/c1-3-14-9-5-4-7(6-8(9)10)11-15(2,12)13/h4-6,11H,3H2,1-2H3. The minimum atomic E-state index is -3.38. The summed E-state index contributed by atoms with van der Waals surface area (Å²) in [6.45, 7) is 2.10. The topological polar surface area (TPSA) is 55.4 Å². The summed E-state index contributed by atoms with van der Waals surface area (Å²) in [4.78, 5) is 0. The van der Waals surface area contributed by atoms with Crippen LogP contribution in [0.4, 0.5) is 10.1 Å². The highest BCUT2D eigenvalue weighted by molar-refractivity contribution is 7.92. The maximum atomic E-state index is 13.3. The Bertz CT molecular complexity index is 445. The van der Waals surface area contributed by atoms with Gasteiger partial charge in [0.15, 0.2) is 11.6 Å². The molecule has 0 aromatic heterocycles. The summed E-state index contributed by atoms with van der Waals surface area (Å²) in [5.74, 6) is -0.484. The zero-order chi connectivity index (χ0) is 11.5. The van der Waals surface area contributed by atoms with E-state index in [-0.39, 0.29) is 11.4 Å². The van der Waals surface area contributed by atoms with E-state index in [1.165, 1.54) is 12.1 Å². The molecule has 0 saturated heterocycles. The summed E-state index contributed by atoms with van der Waals surface area (Å²) >= 11 is 0. The number of halogens is 1. The highest BCUT2D eigenvalue weighted by Crippen LogP contribution is 2.21. The van der Waals surface area contributed by atoms with E-state index in [2.05, 4.69) is 4.72 Å². The van der Waals surface area contributed by atoms with Gasteiger partial charge in [-0.25, -0.2) is 12.8 Å². The van der Waals surface area contributed by atoms with Gasteiger partial charge in [-0.15, -0.1) is 0 Å². The van der Waals surface area contributed by atoms with Crippen LogP contribution in [0.3, 0.4) is 0 Å². The quantitative estimate of drug-likeness (QED) is 0.859. The molecular formula is C9H12FNO3S. The normalized spacial score (nSPS) is 11.1. The minimum Gasteiger partial charge on any atom is -0.491 e. The Labute approximate surface area is 88.1 Å². The molecule has 1 aromatic rings. The van der Waals surface area contributed by atoms with E-state index < -0.39 is 15.8 Å². The van der Waals surface area contributed by atoms with Crippen LogP contribution in [0, 0.1) is 5.82 Å². The van der Waals surface area contributed by atoms with Gasteiger partial charge in [-0.05, 0) is 19.1 Å².